The van der Waals surface area contributed by atoms with Crippen LogP contribution in [0.3, 0.4) is 0 Å². The summed E-state index contributed by atoms with van der Waals surface area (Å²) in [4.78, 5) is 17.2. The number of carbonyl (C=O) groups excluding carboxylic acids is 1. The molecular weight excluding hydrogens is 390 g/mol. The van der Waals surface area contributed by atoms with Crippen LogP contribution in [-0.2, 0) is 14.4 Å². The van der Waals surface area contributed by atoms with Gasteiger partial charge in [-0.2, -0.15) is 0 Å². The highest BCUT2D eigenvalue weighted by atomic mass is 32.2. The third-order valence-electron chi connectivity index (χ3n) is 5.84. The fourth-order valence-electron chi connectivity index (χ4n) is 4.44. The molecule has 1 N–H and O–H groups in total. The van der Waals surface area contributed by atoms with E-state index in [1.807, 2.05) is 11.8 Å². The molecule has 3 aromatic carbocycles. The number of amides is 1. The lowest BCUT2D eigenvalue weighted by molar-refractivity contribution is -0.135. The van der Waals surface area contributed by atoms with Gasteiger partial charge in [-0.05, 0) is 36.0 Å². The van der Waals surface area contributed by atoms with Crippen molar-refractivity contribution >= 4 is 17.7 Å². The Morgan fingerprint density at radius 2 is 1.30 bits per heavy atom. The second-order valence-electron chi connectivity index (χ2n) is 7.70. The molecule has 4 rings (SSSR count). The van der Waals surface area contributed by atoms with Gasteiger partial charge in [0.1, 0.15) is 0 Å². The highest BCUT2D eigenvalue weighted by Crippen LogP contribution is 2.53. The summed E-state index contributed by atoms with van der Waals surface area (Å²) >= 11 is 1.98. The van der Waals surface area contributed by atoms with Gasteiger partial charge in [0, 0.05) is 11.2 Å². The molecule has 3 nitrogen and oxygen atoms in total. The van der Waals surface area contributed by atoms with Crippen molar-refractivity contribution in [2.75, 3.05) is 7.11 Å². The minimum atomic E-state index is -0.332. The summed E-state index contributed by atoms with van der Waals surface area (Å²) in [5.41, 5.74) is 6.30. The van der Waals surface area contributed by atoms with Gasteiger partial charge in [0.2, 0.25) is 5.91 Å². The Morgan fingerprint density at radius 1 is 0.833 bits per heavy atom. The summed E-state index contributed by atoms with van der Waals surface area (Å²) < 4.78 is -0.332. The van der Waals surface area contributed by atoms with Gasteiger partial charge in [0.05, 0.1) is 11.9 Å². The van der Waals surface area contributed by atoms with E-state index in [0.29, 0.717) is 5.25 Å². The number of hydrogen-bond acceptors (Lipinski definition) is 3. The first kappa shape index (κ1) is 20.7. The van der Waals surface area contributed by atoms with Crippen LogP contribution >= 0.6 is 11.8 Å². The Kier molecular flexibility index (Phi) is 6.56. The highest BCUT2D eigenvalue weighted by molar-refractivity contribution is 8.01. The summed E-state index contributed by atoms with van der Waals surface area (Å²) in [6, 6.07) is 32.2. The first-order valence-corrected chi connectivity index (χ1v) is 11.3. The van der Waals surface area contributed by atoms with Gasteiger partial charge in [0.15, 0.2) is 0 Å². The van der Waals surface area contributed by atoms with Gasteiger partial charge in [-0.3, -0.25) is 9.63 Å². The number of benzene rings is 3. The molecule has 0 saturated heterocycles. The number of carbonyl (C=O) groups is 1. The SMILES string of the molecule is CONC(=O)[C@H]1CC[C@@H](SC(c2ccccc2)(c2ccccc2)c2ccccc2)C1. The lowest BCUT2D eigenvalue weighted by atomic mass is 9.84. The van der Waals surface area contributed by atoms with Gasteiger partial charge in [-0.1, -0.05) is 91.0 Å². The smallest absolute Gasteiger partial charge is 0.246 e. The number of nitrogens with one attached hydrogen (secondary N) is 1. The molecular formula is C26H27NO2S. The van der Waals surface area contributed by atoms with Gasteiger partial charge >= 0.3 is 0 Å². The van der Waals surface area contributed by atoms with E-state index in [1.54, 1.807) is 0 Å². The molecule has 0 unspecified atom stereocenters. The van der Waals surface area contributed by atoms with E-state index in [1.165, 1.54) is 23.8 Å². The van der Waals surface area contributed by atoms with Crippen LogP contribution in [0.15, 0.2) is 91.0 Å². The van der Waals surface area contributed by atoms with Gasteiger partial charge in [-0.25, -0.2) is 5.48 Å². The Morgan fingerprint density at radius 3 is 1.73 bits per heavy atom. The minimum Gasteiger partial charge on any atom is -0.277 e. The summed E-state index contributed by atoms with van der Waals surface area (Å²) in [5, 5.41) is 0.373. The van der Waals surface area contributed by atoms with E-state index < -0.39 is 0 Å². The molecule has 0 heterocycles. The van der Waals surface area contributed by atoms with E-state index in [4.69, 9.17) is 4.84 Å². The van der Waals surface area contributed by atoms with E-state index in [2.05, 4.69) is 96.5 Å². The number of rotatable bonds is 7. The molecule has 2 atom stereocenters. The van der Waals surface area contributed by atoms with Crippen LogP contribution in [0.2, 0.25) is 0 Å². The molecule has 1 amide bonds. The van der Waals surface area contributed by atoms with Crippen molar-refractivity contribution in [1.29, 1.82) is 0 Å². The number of thioether (sulfide) groups is 1. The fraction of sp³-hybridized carbons (Fsp3) is 0.269. The van der Waals surface area contributed by atoms with Crippen LogP contribution in [0.25, 0.3) is 0 Å². The van der Waals surface area contributed by atoms with Crippen molar-refractivity contribution in [3.63, 3.8) is 0 Å². The zero-order chi connectivity index (χ0) is 20.8. The van der Waals surface area contributed by atoms with Gasteiger partial charge in [0.25, 0.3) is 0 Å². The van der Waals surface area contributed by atoms with Crippen molar-refractivity contribution in [3.8, 4) is 0 Å². The van der Waals surface area contributed by atoms with Crippen LogP contribution in [0.5, 0.6) is 0 Å². The predicted molar refractivity (Wildman–Crippen MR) is 123 cm³/mol. The van der Waals surface area contributed by atoms with Crippen LogP contribution < -0.4 is 5.48 Å². The number of hydroxylamine groups is 1. The fourth-order valence-corrected chi connectivity index (χ4v) is 6.34. The van der Waals surface area contributed by atoms with Crippen molar-refractivity contribution in [1.82, 2.24) is 5.48 Å². The quantitative estimate of drug-likeness (QED) is 0.404. The lowest BCUT2D eigenvalue weighted by Crippen LogP contribution is -2.30. The molecule has 4 heteroatoms. The molecule has 30 heavy (non-hydrogen) atoms. The molecule has 1 aliphatic carbocycles. The van der Waals surface area contributed by atoms with Crippen LogP contribution in [0.1, 0.15) is 36.0 Å². The van der Waals surface area contributed by atoms with Crippen LogP contribution in [-0.4, -0.2) is 18.3 Å². The maximum atomic E-state index is 12.3. The average Bonchev–Trinajstić information content (AvgIpc) is 3.28. The summed E-state index contributed by atoms with van der Waals surface area (Å²) in [6.45, 7) is 0. The molecule has 0 bridgehead atoms. The molecule has 0 spiro atoms. The molecule has 0 aliphatic heterocycles. The van der Waals surface area contributed by atoms with E-state index in [0.717, 1.165) is 19.3 Å². The van der Waals surface area contributed by atoms with E-state index >= 15 is 0 Å². The van der Waals surface area contributed by atoms with Crippen molar-refractivity contribution in [2.24, 2.45) is 5.92 Å². The Labute approximate surface area is 182 Å². The van der Waals surface area contributed by atoms with Gasteiger partial charge < -0.3 is 0 Å². The summed E-state index contributed by atoms with van der Waals surface area (Å²) in [6.07, 6.45) is 2.76. The molecule has 0 aromatic heterocycles. The topological polar surface area (TPSA) is 38.3 Å². The zero-order valence-electron chi connectivity index (χ0n) is 17.2. The maximum absolute atomic E-state index is 12.3. The molecule has 3 aromatic rings. The second-order valence-corrected chi connectivity index (χ2v) is 9.21. The normalized spacial score (nSPS) is 18.8. The zero-order valence-corrected chi connectivity index (χ0v) is 18.0. The second kappa shape index (κ2) is 9.50. The third-order valence-corrected chi connectivity index (χ3v) is 7.66. The third kappa shape index (κ3) is 4.16. The maximum Gasteiger partial charge on any atom is 0.246 e. The minimum absolute atomic E-state index is 0.00229. The Bertz CT molecular complexity index is 850. The first-order valence-electron chi connectivity index (χ1n) is 10.4. The Hall–Kier alpha value is -2.56. The molecule has 1 aliphatic rings. The largest absolute Gasteiger partial charge is 0.277 e. The lowest BCUT2D eigenvalue weighted by Gasteiger charge is -2.37. The molecule has 0 radical (unpaired) electrons. The van der Waals surface area contributed by atoms with Gasteiger partial charge in [-0.15, -0.1) is 11.8 Å². The summed E-state index contributed by atoms with van der Waals surface area (Å²) in [5.74, 6) is -0.00666. The Balaban J connectivity index is 1.77. The van der Waals surface area contributed by atoms with Crippen molar-refractivity contribution in [2.45, 2.75) is 29.3 Å². The molecule has 1 fully saturated rings. The van der Waals surface area contributed by atoms with Crippen molar-refractivity contribution < 1.29 is 9.63 Å². The van der Waals surface area contributed by atoms with E-state index in [-0.39, 0.29) is 16.6 Å². The monoisotopic (exact) mass is 417 g/mol. The van der Waals surface area contributed by atoms with Crippen LogP contribution in [0.4, 0.5) is 0 Å². The van der Waals surface area contributed by atoms with Crippen molar-refractivity contribution in [3.05, 3.63) is 108 Å². The van der Waals surface area contributed by atoms with Crippen LogP contribution in [0, 0.1) is 5.92 Å². The number of hydrogen-bond donors (Lipinski definition) is 1. The van der Waals surface area contributed by atoms with E-state index in [9.17, 15) is 4.79 Å². The summed E-state index contributed by atoms with van der Waals surface area (Å²) in [7, 11) is 1.49. The standard InChI is InChI=1S/C26H27NO2S/c1-29-27-25(28)20-17-18-24(19-20)30-26(21-11-5-2-6-12-21,22-13-7-3-8-14-22)23-15-9-4-10-16-23/h2-16,20,24H,17-19H2,1H3,(H,27,28)/t20-,24+/m0/s1. The molecule has 154 valence electrons. The molecule has 1 saturated carbocycles. The first-order chi connectivity index (χ1) is 14.7. The predicted octanol–water partition coefficient (Wildman–Crippen LogP) is 5.56. The average molecular weight is 418 g/mol. The highest BCUT2D eigenvalue weighted by Gasteiger charge is 2.42.